The van der Waals surface area contributed by atoms with Crippen molar-refractivity contribution in [3.05, 3.63) is 33.6 Å². The third-order valence-corrected chi connectivity index (χ3v) is 3.05. The van der Waals surface area contributed by atoms with Crippen molar-refractivity contribution >= 4 is 29.1 Å². The third-order valence-electron chi connectivity index (χ3n) is 2.43. The van der Waals surface area contributed by atoms with Gasteiger partial charge in [0, 0.05) is 11.1 Å². The summed E-state index contributed by atoms with van der Waals surface area (Å²) in [6, 6.07) is 1.74. The molecule has 0 aliphatic heterocycles. The molecule has 2 unspecified atom stereocenters. The summed E-state index contributed by atoms with van der Waals surface area (Å²) in [5.41, 5.74) is 5.65. The van der Waals surface area contributed by atoms with Crippen LogP contribution in [0.4, 0.5) is 4.39 Å². The number of benzene rings is 1. The number of carbonyl (C=O) groups excluding carboxylic acids is 1. The Morgan fingerprint density at radius 3 is 2.47 bits per heavy atom. The molecule has 1 aromatic carbocycles. The maximum absolute atomic E-state index is 13.3. The highest BCUT2D eigenvalue weighted by Gasteiger charge is 2.17. The second kappa shape index (κ2) is 5.67. The first-order valence-corrected chi connectivity index (χ1v) is 5.78. The van der Waals surface area contributed by atoms with Gasteiger partial charge in [-0.3, -0.25) is 10.1 Å². The van der Waals surface area contributed by atoms with Crippen molar-refractivity contribution in [1.82, 2.24) is 5.32 Å². The van der Waals surface area contributed by atoms with E-state index in [2.05, 4.69) is 5.32 Å². The molecule has 1 amide bonds. The zero-order valence-corrected chi connectivity index (χ0v) is 10.9. The van der Waals surface area contributed by atoms with E-state index in [0.29, 0.717) is 10.6 Å². The van der Waals surface area contributed by atoms with E-state index >= 15 is 0 Å². The van der Waals surface area contributed by atoms with E-state index < -0.39 is 17.8 Å². The Morgan fingerprint density at radius 1 is 1.35 bits per heavy atom. The number of halogens is 3. The van der Waals surface area contributed by atoms with E-state index in [1.165, 1.54) is 12.1 Å². The maximum Gasteiger partial charge on any atom is 0.234 e. The standard InChI is InChI=1S/C11H13Cl2FN2O/c1-5(16-6(2)11(15)17)7-3-10(14)9(13)4-8(7)12/h3-6,16H,1-2H3,(H2,15,17). The largest absolute Gasteiger partial charge is 0.368 e. The fourth-order valence-electron chi connectivity index (χ4n) is 1.42. The summed E-state index contributed by atoms with van der Waals surface area (Å²) in [5, 5.41) is 3.22. The molecule has 17 heavy (non-hydrogen) atoms. The Kier molecular flexibility index (Phi) is 4.74. The predicted molar refractivity (Wildman–Crippen MR) is 66.6 cm³/mol. The van der Waals surface area contributed by atoms with Gasteiger partial charge in [0.15, 0.2) is 0 Å². The average molecular weight is 279 g/mol. The Labute approximate surface area is 109 Å². The van der Waals surface area contributed by atoms with Gasteiger partial charge in [-0.25, -0.2) is 4.39 Å². The first-order chi connectivity index (χ1) is 7.82. The lowest BCUT2D eigenvalue weighted by atomic mass is 10.1. The van der Waals surface area contributed by atoms with Gasteiger partial charge in [-0.15, -0.1) is 0 Å². The minimum absolute atomic E-state index is 0.0334. The molecule has 0 heterocycles. The van der Waals surface area contributed by atoms with Gasteiger partial charge in [-0.1, -0.05) is 23.2 Å². The van der Waals surface area contributed by atoms with Crippen LogP contribution in [-0.2, 0) is 4.79 Å². The van der Waals surface area contributed by atoms with Crippen LogP contribution in [0.25, 0.3) is 0 Å². The molecule has 0 bridgehead atoms. The molecule has 0 aliphatic carbocycles. The topological polar surface area (TPSA) is 55.1 Å². The SMILES string of the molecule is CC(NC(C)c1cc(F)c(Cl)cc1Cl)C(N)=O. The van der Waals surface area contributed by atoms with Crippen LogP contribution < -0.4 is 11.1 Å². The maximum atomic E-state index is 13.3. The second-order valence-corrected chi connectivity index (χ2v) is 4.61. The molecule has 94 valence electrons. The summed E-state index contributed by atoms with van der Waals surface area (Å²) >= 11 is 11.5. The summed E-state index contributed by atoms with van der Waals surface area (Å²) in [7, 11) is 0. The first-order valence-electron chi connectivity index (χ1n) is 5.02. The Balaban J connectivity index is 2.92. The molecule has 0 fully saturated rings. The smallest absolute Gasteiger partial charge is 0.234 e. The monoisotopic (exact) mass is 278 g/mol. The molecule has 0 aliphatic rings. The van der Waals surface area contributed by atoms with Crippen molar-refractivity contribution in [1.29, 1.82) is 0 Å². The third kappa shape index (κ3) is 3.56. The van der Waals surface area contributed by atoms with Gasteiger partial charge in [0.2, 0.25) is 5.91 Å². The highest BCUT2D eigenvalue weighted by Crippen LogP contribution is 2.28. The molecular weight excluding hydrogens is 266 g/mol. The van der Waals surface area contributed by atoms with Crippen molar-refractivity contribution in [2.45, 2.75) is 25.9 Å². The van der Waals surface area contributed by atoms with Crippen LogP contribution in [0.1, 0.15) is 25.5 Å². The predicted octanol–water partition coefficient (Wildman–Crippen LogP) is 2.66. The minimum atomic E-state index is -0.550. The molecule has 0 aromatic heterocycles. The molecule has 0 spiro atoms. The fraction of sp³-hybridized carbons (Fsp3) is 0.364. The van der Waals surface area contributed by atoms with E-state index in [4.69, 9.17) is 28.9 Å². The van der Waals surface area contributed by atoms with E-state index in [9.17, 15) is 9.18 Å². The minimum Gasteiger partial charge on any atom is -0.368 e. The number of nitrogens with two attached hydrogens (primary N) is 1. The van der Waals surface area contributed by atoms with Gasteiger partial charge in [-0.05, 0) is 31.5 Å². The fourth-order valence-corrected chi connectivity index (χ4v) is 1.96. The van der Waals surface area contributed by atoms with Crippen LogP contribution in [-0.4, -0.2) is 11.9 Å². The molecular formula is C11H13Cl2FN2O. The second-order valence-electron chi connectivity index (χ2n) is 3.80. The molecule has 1 aromatic rings. The van der Waals surface area contributed by atoms with Crippen LogP contribution in [0.3, 0.4) is 0 Å². The average Bonchev–Trinajstić information content (AvgIpc) is 2.22. The van der Waals surface area contributed by atoms with E-state index in [-0.39, 0.29) is 11.1 Å². The summed E-state index contributed by atoms with van der Waals surface area (Å²) in [4.78, 5) is 10.9. The first kappa shape index (κ1) is 14.2. The number of nitrogens with one attached hydrogen (secondary N) is 1. The van der Waals surface area contributed by atoms with Gasteiger partial charge in [0.25, 0.3) is 0 Å². The Morgan fingerprint density at radius 2 is 1.94 bits per heavy atom. The summed E-state index contributed by atoms with van der Waals surface area (Å²) < 4.78 is 13.3. The summed E-state index contributed by atoms with van der Waals surface area (Å²) in [5.74, 6) is -1.03. The van der Waals surface area contributed by atoms with Crippen LogP contribution in [0.5, 0.6) is 0 Å². The van der Waals surface area contributed by atoms with Gasteiger partial charge in [0.05, 0.1) is 11.1 Å². The highest BCUT2D eigenvalue weighted by molar-refractivity contribution is 6.35. The number of carbonyl (C=O) groups is 1. The molecule has 6 heteroatoms. The van der Waals surface area contributed by atoms with E-state index in [1.54, 1.807) is 13.8 Å². The van der Waals surface area contributed by atoms with Crippen molar-refractivity contribution in [2.24, 2.45) is 5.73 Å². The number of primary amides is 1. The van der Waals surface area contributed by atoms with Gasteiger partial charge >= 0.3 is 0 Å². The summed E-state index contributed by atoms with van der Waals surface area (Å²) in [6.45, 7) is 3.38. The highest BCUT2D eigenvalue weighted by atomic mass is 35.5. The molecule has 0 saturated heterocycles. The quantitative estimate of drug-likeness (QED) is 0.832. The molecule has 2 atom stereocenters. The molecule has 0 saturated carbocycles. The van der Waals surface area contributed by atoms with Gasteiger partial charge in [0.1, 0.15) is 5.82 Å². The van der Waals surface area contributed by atoms with Gasteiger partial charge in [-0.2, -0.15) is 0 Å². The lowest BCUT2D eigenvalue weighted by molar-refractivity contribution is -0.119. The lowest BCUT2D eigenvalue weighted by Gasteiger charge is -2.19. The molecule has 0 radical (unpaired) electrons. The molecule has 3 N–H and O–H groups in total. The van der Waals surface area contributed by atoms with Crippen molar-refractivity contribution in [2.75, 3.05) is 0 Å². The van der Waals surface area contributed by atoms with Crippen molar-refractivity contribution in [3.63, 3.8) is 0 Å². The number of hydrogen-bond acceptors (Lipinski definition) is 2. The lowest BCUT2D eigenvalue weighted by Crippen LogP contribution is -2.40. The van der Waals surface area contributed by atoms with Crippen molar-refractivity contribution in [3.8, 4) is 0 Å². The van der Waals surface area contributed by atoms with E-state index in [1.807, 2.05) is 0 Å². The van der Waals surface area contributed by atoms with Crippen LogP contribution in [0, 0.1) is 5.82 Å². The van der Waals surface area contributed by atoms with Crippen LogP contribution >= 0.6 is 23.2 Å². The number of hydrogen-bond donors (Lipinski definition) is 2. The van der Waals surface area contributed by atoms with Crippen LogP contribution in [0.15, 0.2) is 12.1 Å². The van der Waals surface area contributed by atoms with Crippen molar-refractivity contribution < 1.29 is 9.18 Å². The molecule has 1 rings (SSSR count). The zero-order valence-electron chi connectivity index (χ0n) is 9.43. The molecule has 3 nitrogen and oxygen atoms in total. The van der Waals surface area contributed by atoms with E-state index in [0.717, 1.165) is 0 Å². The Bertz CT molecular complexity index is 440. The van der Waals surface area contributed by atoms with Gasteiger partial charge < -0.3 is 5.73 Å². The normalized spacial score (nSPS) is 14.4. The number of amides is 1. The summed E-state index contributed by atoms with van der Waals surface area (Å²) in [6.07, 6.45) is 0. The Hall–Kier alpha value is -0.840. The zero-order chi connectivity index (χ0) is 13.2. The number of rotatable bonds is 4. The van der Waals surface area contributed by atoms with Crippen LogP contribution in [0.2, 0.25) is 10.0 Å².